The second-order valence-corrected chi connectivity index (χ2v) is 7.04. The van der Waals surface area contributed by atoms with Crippen molar-refractivity contribution >= 4 is 17.5 Å². The first-order valence-electron chi connectivity index (χ1n) is 7.97. The molecule has 1 aromatic rings. The van der Waals surface area contributed by atoms with E-state index in [1.54, 1.807) is 20.8 Å². The third kappa shape index (κ3) is 4.99. The van der Waals surface area contributed by atoms with Crippen LogP contribution in [0.25, 0.3) is 0 Å². The van der Waals surface area contributed by atoms with Crippen LogP contribution in [0.5, 0.6) is 0 Å². The average Bonchev–Trinajstić information content (AvgIpc) is 2.93. The van der Waals surface area contributed by atoms with Crippen molar-refractivity contribution in [3.05, 3.63) is 33.9 Å². The molecule has 0 radical (unpaired) electrons. The van der Waals surface area contributed by atoms with Crippen LogP contribution in [-0.4, -0.2) is 40.6 Å². The number of nitrogens with zero attached hydrogens (tertiary/aromatic N) is 2. The third-order valence-corrected chi connectivity index (χ3v) is 3.72. The van der Waals surface area contributed by atoms with Gasteiger partial charge in [0.25, 0.3) is 5.69 Å². The Bertz CT molecular complexity index is 701. The number of carbonyl (C=O) groups excluding carboxylic acids is 1. The molecule has 0 aromatic heterocycles. The number of anilines is 1. The van der Waals surface area contributed by atoms with Crippen molar-refractivity contribution in [2.75, 3.05) is 18.4 Å². The third-order valence-electron chi connectivity index (χ3n) is 3.72. The number of benzene rings is 1. The highest BCUT2D eigenvalue weighted by molar-refractivity contribution is 5.69. The van der Waals surface area contributed by atoms with E-state index in [4.69, 9.17) is 4.74 Å². The van der Waals surface area contributed by atoms with Crippen LogP contribution in [0, 0.1) is 10.1 Å². The van der Waals surface area contributed by atoms with Gasteiger partial charge in [-0.15, -0.1) is 0 Å². The van der Waals surface area contributed by atoms with Gasteiger partial charge in [0, 0.05) is 25.2 Å². The van der Waals surface area contributed by atoms with Crippen LogP contribution in [0.1, 0.15) is 32.8 Å². The average molecular weight is 375 g/mol. The topological polar surface area (TPSA) is 84.7 Å². The molecular formula is C16H20F3N3O4. The van der Waals surface area contributed by atoms with Gasteiger partial charge in [-0.3, -0.25) is 10.1 Å². The van der Waals surface area contributed by atoms with E-state index in [9.17, 15) is 28.1 Å². The van der Waals surface area contributed by atoms with Gasteiger partial charge >= 0.3 is 12.3 Å². The van der Waals surface area contributed by atoms with Crippen LogP contribution in [0.3, 0.4) is 0 Å². The van der Waals surface area contributed by atoms with E-state index in [1.807, 2.05) is 0 Å². The molecule has 144 valence electrons. The summed E-state index contributed by atoms with van der Waals surface area (Å²) in [6.45, 7) is 5.85. The van der Waals surface area contributed by atoms with Crippen LogP contribution in [0.15, 0.2) is 18.2 Å². The number of hydrogen-bond donors (Lipinski definition) is 1. The van der Waals surface area contributed by atoms with E-state index in [0.717, 1.165) is 12.1 Å². The maximum absolute atomic E-state index is 12.7. The number of rotatable bonds is 3. The minimum atomic E-state index is -4.66. The standard InChI is InChI=1S/C16H20F3N3O4/c1-15(2,3)26-14(23)21-7-6-11(9-21)20-12-5-4-10(16(17,18)19)8-13(12)22(24)25/h4-5,8,11,20H,6-7,9H2,1-3H3. The first kappa shape index (κ1) is 19.8. The Hall–Kier alpha value is -2.52. The SMILES string of the molecule is CC(C)(C)OC(=O)N1CCC(Nc2ccc(C(F)(F)F)cc2[N+](=O)[O-])C1. The molecule has 1 atom stereocenters. The lowest BCUT2D eigenvalue weighted by Crippen LogP contribution is -2.36. The molecule has 1 fully saturated rings. The van der Waals surface area contributed by atoms with Crippen LogP contribution < -0.4 is 5.32 Å². The lowest BCUT2D eigenvalue weighted by Gasteiger charge is -2.24. The van der Waals surface area contributed by atoms with Gasteiger partial charge in [0.1, 0.15) is 11.3 Å². The van der Waals surface area contributed by atoms with E-state index in [2.05, 4.69) is 5.32 Å². The van der Waals surface area contributed by atoms with E-state index in [-0.39, 0.29) is 18.3 Å². The normalized spacial score (nSPS) is 17.9. The van der Waals surface area contributed by atoms with E-state index in [0.29, 0.717) is 19.0 Å². The highest BCUT2D eigenvalue weighted by Gasteiger charge is 2.34. The number of ether oxygens (including phenoxy) is 1. The highest BCUT2D eigenvalue weighted by atomic mass is 19.4. The summed E-state index contributed by atoms with van der Waals surface area (Å²) in [7, 11) is 0. The molecule has 1 amide bonds. The van der Waals surface area contributed by atoms with Crippen molar-refractivity contribution in [2.45, 2.75) is 45.0 Å². The van der Waals surface area contributed by atoms with Crippen molar-refractivity contribution in [3.63, 3.8) is 0 Å². The second kappa shape index (κ2) is 7.00. The Kier molecular flexibility index (Phi) is 5.33. The summed E-state index contributed by atoms with van der Waals surface area (Å²) >= 11 is 0. The van der Waals surface area contributed by atoms with Crippen molar-refractivity contribution in [1.82, 2.24) is 4.90 Å². The summed E-state index contributed by atoms with van der Waals surface area (Å²) in [5, 5.41) is 14.0. The van der Waals surface area contributed by atoms with Gasteiger partial charge in [-0.25, -0.2) is 4.79 Å². The highest BCUT2D eigenvalue weighted by Crippen LogP contribution is 2.35. The van der Waals surface area contributed by atoms with Crippen LogP contribution in [0.4, 0.5) is 29.3 Å². The number of hydrogen-bond acceptors (Lipinski definition) is 5. The molecule has 7 nitrogen and oxygen atoms in total. The fourth-order valence-corrected chi connectivity index (χ4v) is 2.57. The van der Waals surface area contributed by atoms with Gasteiger partial charge in [-0.05, 0) is 39.3 Å². The van der Waals surface area contributed by atoms with E-state index in [1.165, 1.54) is 4.90 Å². The quantitative estimate of drug-likeness (QED) is 0.637. The largest absolute Gasteiger partial charge is 0.444 e. The zero-order valence-corrected chi connectivity index (χ0v) is 14.6. The number of carbonyl (C=O) groups is 1. The number of nitro groups is 1. The Morgan fingerprint density at radius 3 is 2.54 bits per heavy atom. The van der Waals surface area contributed by atoms with Crippen molar-refractivity contribution in [3.8, 4) is 0 Å². The molecule has 10 heteroatoms. The second-order valence-electron chi connectivity index (χ2n) is 7.04. The Balaban J connectivity index is 2.10. The van der Waals surface area contributed by atoms with Crippen LogP contribution >= 0.6 is 0 Å². The molecule has 0 aliphatic carbocycles. The predicted molar refractivity (Wildman–Crippen MR) is 87.9 cm³/mol. The predicted octanol–water partition coefficient (Wildman–Crippen LogP) is 4.03. The molecule has 26 heavy (non-hydrogen) atoms. The van der Waals surface area contributed by atoms with Gasteiger partial charge in [-0.1, -0.05) is 0 Å². The number of alkyl halides is 3. The van der Waals surface area contributed by atoms with Crippen molar-refractivity contribution in [1.29, 1.82) is 0 Å². The van der Waals surface area contributed by atoms with Gasteiger partial charge in [0.05, 0.1) is 10.5 Å². The molecule has 1 N–H and O–H groups in total. The molecule has 0 spiro atoms. The van der Waals surface area contributed by atoms with Crippen molar-refractivity contribution in [2.24, 2.45) is 0 Å². The zero-order valence-electron chi connectivity index (χ0n) is 14.6. The lowest BCUT2D eigenvalue weighted by molar-refractivity contribution is -0.384. The van der Waals surface area contributed by atoms with Gasteiger partial charge < -0.3 is 15.0 Å². The minimum absolute atomic E-state index is 0.0148. The summed E-state index contributed by atoms with van der Waals surface area (Å²) in [5.74, 6) is 0. The van der Waals surface area contributed by atoms with Crippen molar-refractivity contribution < 1.29 is 27.6 Å². The first-order chi connectivity index (χ1) is 11.9. The number of nitrogens with one attached hydrogen (secondary N) is 1. The molecule has 2 rings (SSSR count). The molecule has 1 saturated heterocycles. The zero-order chi connectivity index (χ0) is 19.7. The molecule has 1 heterocycles. The molecule has 1 aromatic carbocycles. The maximum atomic E-state index is 12.7. The van der Waals surface area contributed by atoms with E-state index >= 15 is 0 Å². The van der Waals surface area contributed by atoms with Gasteiger partial charge in [-0.2, -0.15) is 13.2 Å². The Morgan fingerprint density at radius 1 is 1.35 bits per heavy atom. The number of amides is 1. The minimum Gasteiger partial charge on any atom is -0.444 e. The summed E-state index contributed by atoms with van der Waals surface area (Å²) in [6, 6.07) is 2.01. The monoisotopic (exact) mass is 375 g/mol. The number of likely N-dealkylation sites (tertiary alicyclic amines) is 1. The summed E-state index contributed by atoms with van der Waals surface area (Å²) in [4.78, 5) is 23.7. The fourth-order valence-electron chi connectivity index (χ4n) is 2.57. The van der Waals surface area contributed by atoms with Gasteiger partial charge in [0.2, 0.25) is 0 Å². The summed E-state index contributed by atoms with van der Waals surface area (Å²) < 4.78 is 43.5. The maximum Gasteiger partial charge on any atom is 0.416 e. The Morgan fingerprint density at radius 2 is 2.00 bits per heavy atom. The Labute approximate surface area is 148 Å². The fraction of sp³-hybridized carbons (Fsp3) is 0.562. The van der Waals surface area contributed by atoms with Crippen LogP contribution in [-0.2, 0) is 10.9 Å². The molecule has 0 saturated carbocycles. The first-order valence-corrected chi connectivity index (χ1v) is 7.97. The number of halogens is 3. The summed E-state index contributed by atoms with van der Waals surface area (Å²) in [6.07, 6.45) is -4.66. The molecule has 1 aliphatic rings. The lowest BCUT2D eigenvalue weighted by atomic mass is 10.1. The number of nitro benzene ring substituents is 1. The van der Waals surface area contributed by atoms with E-state index < -0.39 is 34.0 Å². The molecule has 0 bridgehead atoms. The molecule has 1 unspecified atom stereocenters. The summed E-state index contributed by atoms with van der Waals surface area (Å²) in [5.41, 5.74) is -2.40. The van der Waals surface area contributed by atoms with Gasteiger partial charge in [0.15, 0.2) is 0 Å². The van der Waals surface area contributed by atoms with Crippen LogP contribution in [0.2, 0.25) is 0 Å². The molecular weight excluding hydrogens is 355 g/mol. The smallest absolute Gasteiger partial charge is 0.416 e. The molecule has 1 aliphatic heterocycles.